The monoisotopic (exact) mass is 379 g/mol. The van der Waals surface area contributed by atoms with Crippen LogP contribution in [0.5, 0.6) is 11.5 Å². The molecule has 2 aliphatic rings. The maximum atomic E-state index is 12.6. The summed E-state index contributed by atoms with van der Waals surface area (Å²) in [5, 5.41) is 0. The number of fused-ring (bicyclic) bond motifs is 1. The molecule has 0 radical (unpaired) electrons. The van der Waals surface area contributed by atoms with Crippen LogP contribution in [0.3, 0.4) is 0 Å². The van der Waals surface area contributed by atoms with Gasteiger partial charge in [0.2, 0.25) is 0 Å². The van der Waals surface area contributed by atoms with Gasteiger partial charge in [-0.3, -0.25) is 9.59 Å². The molecule has 146 valence electrons. The number of ether oxygens (including phenoxy) is 2. The highest BCUT2D eigenvalue weighted by molar-refractivity contribution is 6.00. The molecule has 1 fully saturated rings. The van der Waals surface area contributed by atoms with Crippen molar-refractivity contribution in [2.75, 3.05) is 19.7 Å². The van der Waals surface area contributed by atoms with Gasteiger partial charge in [0.15, 0.2) is 12.4 Å². The molecule has 5 heteroatoms. The molecule has 0 atom stereocenters. The zero-order valence-corrected chi connectivity index (χ0v) is 16.4. The molecule has 0 unspecified atom stereocenters. The van der Waals surface area contributed by atoms with Gasteiger partial charge in [-0.15, -0.1) is 0 Å². The second-order valence-corrected chi connectivity index (χ2v) is 7.82. The van der Waals surface area contributed by atoms with E-state index < -0.39 is 5.60 Å². The van der Waals surface area contributed by atoms with Crippen LogP contribution in [0.2, 0.25) is 0 Å². The van der Waals surface area contributed by atoms with Gasteiger partial charge in [0.25, 0.3) is 5.91 Å². The van der Waals surface area contributed by atoms with E-state index in [0.29, 0.717) is 43.7 Å². The summed E-state index contributed by atoms with van der Waals surface area (Å²) in [7, 11) is 0. The van der Waals surface area contributed by atoms with Crippen molar-refractivity contribution in [3.8, 4) is 11.5 Å². The predicted molar refractivity (Wildman–Crippen MR) is 106 cm³/mol. The number of hydrogen-bond donors (Lipinski definition) is 0. The van der Waals surface area contributed by atoms with Gasteiger partial charge in [-0.05, 0) is 37.6 Å². The van der Waals surface area contributed by atoms with Crippen molar-refractivity contribution in [3.63, 3.8) is 0 Å². The first-order valence-electron chi connectivity index (χ1n) is 9.75. The zero-order chi connectivity index (χ0) is 19.7. The van der Waals surface area contributed by atoms with Gasteiger partial charge in [-0.2, -0.15) is 0 Å². The SMILES string of the molecule is Cc1ccc2c(c1)C(=O)CC1(CCN(C(=O)COc3ccccc3C)CC1)O2. The van der Waals surface area contributed by atoms with Crippen LogP contribution in [0.1, 0.15) is 40.7 Å². The second kappa shape index (κ2) is 7.30. The van der Waals surface area contributed by atoms with E-state index in [2.05, 4.69) is 0 Å². The van der Waals surface area contributed by atoms with Gasteiger partial charge >= 0.3 is 0 Å². The van der Waals surface area contributed by atoms with E-state index in [1.807, 2.05) is 61.2 Å². The number of rotatable bonds is 3. The lowest BCUT2D eigenvalue weighted by molar-refractivity contribution is -0.136. The topological polar surface area (TPSA) is 55.8 Å². The number of aryl methyl sites for hydroxylation is 2. The van der Waals surface area contributed by atoms with Crippen molar-refractivity contribution in [1.82, 2.24) is 4.90 Å². The molecule has 2 aromatic rings. The summed E-state index contributed by atoms with van der Waals surface area (Å²) in [5.74, 6) is 1.51. The predicted octanol–water partition coefficient (Wildman–Crippen LogP) is 3.71. The van der Waals surface area contributed by atoms with E-state index >= 15 is 0 Å². The Labute approximate surface area is 165 Å². The minimum Gasteiger partial charge on any atom is -0.486 e. The number of carbonyl (C=O) groups is 2. The van der Waals surface area contributed by atoms with Gasteiger partial charge in [0.1, 0.15) is 17.1 Å². The van der Waals surface area contributed by atoms with Gasteiger partial charge in [0.05, 0.1) is 12.0 Å². The number of benzene rings is 2. The smallest absolute Gasteiger partial charge is 0.260 e. The van der Waals surface area contributed by atoms with Crippen molar-refractivity contribution >= 4 is 11.7 Å². The Kier molecular flexibility index (Phi) is 4.84. The summed E-state index contributed by atoms with van der Waals surface area (Å²) in [5.41, 5.74) is 2.25. The molecule has 0 aliphatic carbocycles. The molecule has 0 aromatic heterocycles. The third kappa shape index (κ3) is 3.61. The van der Waals surface area contributed by atoms with Crippen molar-refractivity contribution in [2.45, 2.75) is 38.7 Å². The second-order valence-electron chi connectivity index (χ2n) is 7.82. The Morgan fingerprint density at radius 2 is 1.89 bits per heavy atom. The summed E-state index contributed by atoms with van der Waals surface area (Å²) in [4.78, 5) is 27.0. The first-order chi connectivity index (χ1) is 13.5. The van der Waals surface area contributed by atoms with E-state index in [9.17, 15) is 9.59 Å². The molecular formula is C23H25NO4. The normalized spacial score (nSPS) is 17.8. The molecule has 2 heterocycles. The zero-order valence-electron chi connectivity index (χ0n) is 16.4. The third-order valence-corrected chi connectivity index (χ3v) is 5.72. The molecule has 1 saturated heterocycles. The Morgan fingerprint density at radius 3 is 2.64 bits per heavy atom. The van der Waals surface area contributed by atoms with Crippen LogP contribution in [-0.4, -0.2) is 41.9 Å². The highest BCUT2D eigenvalue weighted by Crippen LogP contribution is 2.39. The number of para-hydroxylation sites is 1. The maximum absolute atomic E-state index is 12.6. The first kappa shape index (κ1) is 18.5. The molecule has 28 heavy (non-hydrogen) atoms. The highest BCUT2D eigenvalue weighted by Gasteiger charge is 2.43. The Bertz CT molecular complexity index is 913. The Balaban J connectivity index is 1.37. The van der Waals surface area contributed by atoms with Gasteiger partial charge in [0, 0.05) is 25.9 Å². The van der Waals surface area contributed by atoms with E-state index in [1.165, 1.54) is 0 Å². The summed E-state index contributed by atoms with van der Waals surface area (Å²) in [6, 6.07) is 13.4. The summed E-state index contributed by atoms with van der Waals surface area (Å²) in [6.07, 6.45) is 1.69. The molecule has 0 bridgehead atoms. The lowest BCUT2D eigenvalue weighted by Crippen LogP contribution is -2.53. The molecular weight excluding hydrogens is 354 g/mol. The molecule has 2 aromatic carbocycles. The molecule has 0 saturated carbocycles. The number of hydrogen-bond acceptors (Lipinski definition) is 4. The Morgan fingerprint density at radius 1 is 1.14 bits per heavy atom. The van der Waals surface area contributed by atoms with Gasteiger partial charge in [-0.25, -0.2) is 0 Å². The van der Waals surface area contributed by atoms with Crippen molar-refractivity contribution in [1.29, 1.82) is 0 Å². The van der Waals surface area contributed by atoms with E-state index in [0.717, 1.165) is 16.9 Å². The lowest BCUT2D eigenvalue weighted by Gasteiger charge is -2.44. The fraction of sp³-hybridized carbons (Fsp3) is 0.391. The number of likely N-dealkylation sites (tertiary alicyclic amines) is 1. The third-order valence-electron chi connectivity index (χ3n) is 5.72. The van der Waals surface area contributed by atoms with Crippen LogP contribution in [-0.2, 0) is 4.79 Å². The van der Waals surface area contributed by atoms with Crippen LogP contribution in [0, 0.1) is 13.8 Å². The fourth-order valence-electron chi connectivity index (χ4n) is 4.00. The number of piperidine rings is 1. The summed E-state index contributed by atoms with van der Waals surface area (Å²) in [6.45, 7) is 5.11. The minimum atomic E-state index is -0.493. The number of ketones is 1. The van der Waals surface area contributed by atoms with E-state index in [4.69, 9.17) is 9.47 Å². The molecule has 0 N–H and O–H groups in total. The number of carbonyl (C=O) groups excluding carboxylic acids is 2. The van der Waals surface area contributed by atoms with Crippen LogP contribution in [0.15, 0.2) is 42.5 Å². The fourth-order valence-corrected chi connectivity index (χ4v) is 4.00. The van der Waals surface area contributed by atoms with Crippen LogP contribution in [0.25, 0.3) is 0 Å². The van der Waals surface area contributed by atoms with Gasteiger partial charge in [-0.1, -0.05) is 29.8 Å². The van der Waals surface area contributed by atoms with Crippen LogP contribution >= 0.6 is 0 Å². The number of Topliss-reactive ketones (excluding diaryl/α,β-unsaturated/α-hetero) is 1. The van der Waals surface area contributed by atoms with Crippen LogP contribution < -0.4 is 9.47 Å². The summed E-state index contributed by atoms with van der Waals surface area (Å²) >= 11 is 0. The molecule has 2 aliphatic heterocycles. The number of nitrogens with zero attached hydrogens (tertiary/aromatic N) is 1. The first-order valence-corrected chi connectivity index (χ1v) is 9.75. The molecule has 1 spiro atoms. The van der Waals surface area contributed by atoms with E-state index in [1.54, 1.807) is 0 Å². The molecule has 1 amide bonds. The largest absolute Gasteiger partial charge is 0.486 e. The average molecular weight is 379 g/mol. The average Bonchev–Trinajstić information content (AvgIpc) is 2.68. The van der Waals surface area contributed by atoms with Crippen molar-refractivity contribution in [3.05, 3.63) is 59.2 Å². The van der Waals surface area contributed by atoms with Crippen LogP contribution in [0.4, 0.5) is 0 Å². The lowest BCUT2D eigenvalue weighted by atomic mass is 9.82. The van der Waals surface area contributed by atoms with Gasteiger partial charge < -0.3 is 14.4 Å². The standard InChI is InChI=1S/C23H25NO4/c1-16-7-8-21-18(13-16)19(25)14-23(28-21)9-11-24(12-10-23)22(26)15-27-20-6-4-3-5-17(20)2/h3-8,13H,9-12,14-15H2,1-2H3. The maximum Gasteiger partial charge on any atom is 0.260 e. The van der Waals surface area contributed by atoms with E-state index in [-0.39, 0.29) is 18.3 Å². The molecule has 4 rings (SSSR count). The Hall–Kier alpha value is -2.82. The minimum absolute atomic E-state index is 0.0275. The molecule has 5 nitrogen and oxygen atoms in total. The van der Waals surface area contributed by atoms with Crippen molar-refractivity contribution < 1.29 is 19.1 Å². The summed E-state index contributed by atoms with van der Waals surface area (Å²) < 4.78 is 12.0. The quantitative estimate of drug-likeness (QED) is 0.816. The van der Waals surface area contributed by atoms with Crippen molar-refractivity contribution in [2.24, 2.45) is 0 Å². The highest BCUT2D eigenvalue weighted by atomic mass is 16.5. The number of amides is 1.